The molecule has 0 atom stereocenters. The Labute approximate surface area is 113 Å². The van der Waals surface area contributed by atoms with Gasteiger partial charge in [-0.1, -0.05) is 12.2 Å². The summed E-state index contributed by atoms with van der Waals surface area (Å²) in [5.74, 6) is -0.187. The van der Waals surface area contributed by atoms with Crippen LogP contribution in [-0.4, -0.2) is 23.1 Å². The summed E-state index contributed by atoms with van der Waals surface area (Å²) in [6.07, 6.45) is 0. The maximum atomic E-state index is 11.6. The number of rotatable bonds is 4. The molecule has 3 N–H and O–H groups in total. The number of ether oxygens (including phenoxy) is 1. The molecule has 0 heterocycles. The third-order valence-corrected chi connectivity index (χ3v) is 2.33. The normalized spacial score (nSPS) is 11.1. The summed E-state index contributed by atoms with van der Waals surface area (Å²) in [5, 5.41) is 2.73. The van der Waals surface area contributed by atoms with Gasteiger partial charge in [-0.2, -0.15) is 0 Å². The van der Waals surface area contributed by atoms with Crippen LogP contribution in [0.1, 0.15) is 26.3 Å². The summed E-state index contributed by atoms with van der Waals surface area (Å²) in [6.45, 7) is 5.73. The van der Waals surface area contributed by atoms with E-state index in [1.807, 2.05) is 20.8 Å². The molecule has 0 radical (unpaired) electrons. The molecule has 0 bridgehead atoms. The van der Waals surface area contributed by atoms with Crippen molar-refractivity contribution in [3.63, 3.8) is 0 Å². The molecular formula is C13H18N2O2S. The summed E-state index contributed by atoms with van der Waals surface area (Å²) in [4.78, 5) is 11.9. The number of anilines is 1. The smallest absolute Gasteiger partial charge is 0.250 e. The van der Waals surface area contributed by atoms with Crippen LogP contribution in [0.4, 0.5) is 5.69 Å². The Morgan fingerprint density at radius 1 is 1.33 bits per heavy atom. The minimum atomic E-state index is -0.326. The Bertz CT molecular complexity index is 435. The second kappa shape index (κ2) is 5.93. The highest BCUT2D eigenvalue weighted by molar-refractivity contribution is 7.80. The molecule has 1 amide bonds. The highest BCUT2D eigenvalue weighted by Crippen LogP contribution is 2.10. The van der Waals surface area contributed by atoms with E-state index in [-0.39, 0.29) is 18.1 Å². The zero-order valence-electron chi connectivity index (χ0n) is 10.8. The number of nitrogens with one attached hydrogen (secondary N) is 1. The van der Waals surface area contributed by atoms with Crippen molar-refractivity contribution >= 4 is 28.8 Å². The average molecular weight is 266 g/mol. The van der Waals surface area contributed by atoms with Crippen LogP contribution in [0, 0.1) is 0 Å². The number of carbonyl (C=O) groups excluding carboxylic acids is 1. The number of thiocarbonyl (C=S) groups is 1. The van der Waals surface area contributed by atoms with Crippen LogP contribution in [0.25, 0.3) is 0 Å². The number of carbonyl (C=O) groups is 1. The first-order valence-electron chi connectivity index (χ1n) is 5.61. The van der Waals surface area contributed by atoms with E-state index in [0.29, 0.717) is 10.7 Å². The minimum Gasteiger partial charge on any atom is -0.389 e. The largest absolute Gasteiger partial charge is 0.389 e. The molecule has 1 aromatic carbocycles. The summed E-state index contributed by atoms with van der Waals surface area (Å²) in [6, 6.07) is 7.04. The zero-order valence-corrected chi connectivity index (χ0v) is 11.6. The van der Waals surface area contributed by atoms with Crippen LogP contribution < -0.4 is 11.1 Å². The fourth-order valence-electron chi connectivity index (χ4n) is 1.20. The van der Waals surface area contributed by atoms with Crippen molar-refractivity contribution in [2.75, 3.05) is 11.9 Å². The van der Waals surface area contributed by atoms with E-state index in [1.165, 1.54) is 0 Å². The molecule has 0 aliphatic rings. The summed E-state index contributed by atoms with van der Waals surface area (Å²) in [5.41, 5.74) is 6.62. The van der Waals surface area contributed by atoms with Gasteiger partial charge in [-0.25, -0.2) is 0 Å². The van der Waals surface area contributed by atoms with Crippen LogP contribution in [0.15, 0.2) is 24.3 Å². The monoisotopic (exact) mass is 266 g/mol. The van der Waals surface area contributed by atoms with E-state index in [9.17, 15) is 4.79 Å². The van der Waals surface area contributed by atoms with Gasteiger partial charge >= 0.3 is 0 Å². The van der Waals surface area contributed by atoms with Crippen molar-refractivity contribution < 1.29 is 9.53 Å². The zero-order chi connectivity index (χ0) is 13.8. The molecular weight excluding hydrogens is 248 g/mol. The number of amides is 1. The van der Waals surface area contributed by atoms with E-state index in [0.717, 1.165) is 5.56 Å². The predicted octanol–water partition coefficient (Wildman–Crippen LogP) is 2.07. The van der Waals surface area contributed by atoms with E-state index in [2.05, 4.69) is 5.32 Å². The second-order valence-electron chi connectivity index (χ2n) is 4.89. The molecule has 0 fully saturated rings. The Hall–Kier alpha value is -1.46. The Balaban J connectivity index is 2.52. The number of nitrogens with two attached hydrogens (primary N) is 1. The van der Waals surface area contributed by atoms with Crippen molar-refractivity contribution in [1.29, 1.82) is 0 Å². The van der Waals surface area contributed by atoms with Gasteiger partial charge in [-0.05, 0) is 45.0 Å². The predicted molar refractivity (Wildman–Crippen MR) is 76.7 cm³/mol. The molecule has 98 valence electrons. The lowest BCUT2D eigenvalue weighted by Crippen LogP contribution is -2.27. The van der Waals surface area contributed by atoms with Crippen LogP contribution in [0.3, 0.4) is 0 Å². The number of hydrogen-bond acceptors (Lipinski definition) is 3. The fraction of sp³-hybridized carbons (Fsp3) is 0.385. The van der Waals surface area contributed by atoms with Crippen LogP contribution >= 0.6 is 12.2 Å². The molecule has 4 nitrogen and oxygen atoms in total. The van der Waals surface area contributed by atoms with E-state index in [1.54, 1.807) is 24.3 Å². The maximum Gasteiger partial charge on any atom is 0.250 e. The Morgan fingerprint density at radius 3 is 2.33 bits per heavy atom. The third-order valence-electron chi connectivity index (χ3n) is 2.09. The average Bonchev–Trinajstić information content (AvgIpc) is 2.26. The van der Waals surface area contributed by atoms with Gasteiger partial charge in [-0.3, -0.25) is 4.79 Å². The molecule has 5 heteroatoms. The van der Waals surface area contributed by atoms with E-state index >= 15 is 0 Å². The molecule has 0 aromatic heterocycles. The quantitative estimate of drug-likeness (QED) is 0.819. The van der Waals surface area contributed by atoms with Gasteiger partial charge in [0.2, 0.25) is 5.91 Å². The van der Waals surface area contributed by atoms with Gasteiger partial charge in [0.05, 0.1) is 5.60 Å². The van der Waals surface area contributed by atoms with Crippen molar-refractivity contribution in [3.8, 4) is 0 Å². The van der Waals surface area contributed by atoms with Crippen LogP contribution in [0.2, 0.25) is 0 Å². The van der Waals surface area contributed by atoms with Gasteiger partial charge in [0.15, 0.2) is 0 Å². The molecule has 1 aromatic rings. The SMILES string of the molecule is CC(C)(C)OCC(=O)Nc1ccc(C(N)=S)cc1. The summed E-state index contributed by atoms with van der Waals surface area (Å²) in [7, 11) is 0. The third kappa shape index (κ3) is 5.25. The lowest BCUT2D eigenvalue weighted by atomic mass is 10.2. The first-order valence-corrected chi connectivity index (χ1v) is 6.02. The van der Waals surface area contributed by atoms with Crippen LogP contribution in [-0.2, 0) is 9.53 Å². The lowest BCUT2D eigenvalue weighted by Gasteiger charge is -2.19. The standard InChI is InChI=1S/C13H18N2O2S/c1-13(2,3)17-8-11(16)15-10-6-4-9(5-7-10)12(14)18/h4-7H,8H2,1-3H3,(H2,14,18)(H,15,16). The van der Waals surface area contributed by atoms with Gasteiger partial charge in [0.1, 0.15) is 11.6 Å². The molecule has 0 spiro atoms. The minimum absolute atomic E-state index is 0.0283. The maximum absolute atomic E-state index is 11.6. The van der Waals surface area contributed by atoms with E-state index < -0.39 is 0 Å². The van der Waals surface area contributed by atoms with Gasteiger partial charge in [-0.15, -0.1) is 0 Å². The second-order valence-corrected chi connectivity index (χ2v) is 5.33. The Morgan fingerprint density at radius 2 is 1.89 bits per heavy atom. The molecule has 0 aliphatic carbocycles. The summed E-state index contributed by atoms with van der Waals surface area (Å²) >= 11 is 4.85. The molecule has 0 unspecified atom stereocenters. The molecule has 0 saturated carbocycles. The Kier molecular flexibility index (Phi) is 4.81. The van der Waals surface area contributed by atoms with Gasteiger partial charge in [0, 0.05) is 11.3 Å². The first kappa shape index (κ1) is 14.6. The summed E-state index contributed by atoms with van der Waals surface area (Å²) < 4.78 is 5.37. The van der Waals surface area contributed by atoms with E-state index in [4.69, 9.17) is 22.7 Å². The first-order chi connectivity index (χ1) is 8.28. The van der Waals surface area contributed by atoms with Crippen molar-refractivity contribution in [3.05, 3.63) is 29.8 Å². The van der Waals surface area contributed by atoms with Crippen molar-refractivity contribution in [2.45, 2.75) is 26.4 Å². The topological polar surface area (TPSA) is 64.3 Å². The molecule has 1 rings (SSSR count). The number of benzene rings is 1. The van der Waals surface area contributed by atoms with Gasteiger partial charge < -0.3 is 15.8 Å². The lowest BCUT2D eigenvalue weighted by molar-refractivity contribution is -0.125. The van der Waals surface area contributed by atoms with Crippen LogP contribution in [0.5, 0.6) is 0 Å². The highest BCUT2D eigenvalue weighted by Gasteiger charge is 2.12. The highest BCUT2D eigenvalue weighted by atomic mass is 32.1. The fourth-order valence-corrected chi connectivity index (χ4v) is 1.33. The number of hydrogen-bond donors (Lipinski definition) is 2. The molecule has 0 aliphatic heterocycles. The molecule has 0 saturated heterocycles. The molecule has 18 heavy (non-hydrogen) atoms. The van der Waals surface area contributed by atoms with Crippen molar-refractivity contribution in [1.82, 2.24) is 0 Å². The van der Waals surface area contributed by atoms with Crippen molar-refractivity contribution in [2.24, 2.45) is 5.73 Å². The van der Waals surface area contributed by atoms with Gasteiger partial charge in [0.25, 0.3) is 0 Å².